The predicted octanol–water partition coefficient (Wildman–Crippen LogP) is 5.78. The Morgan fingerprint density at radius 1 is 0.604 bits per heavy atom. The van der Waals surface area contributed by atoms with Gasteiger partial charge in [-0.1, -0.05) is 22.6 Å². The number of halogens is 3. The number of carbonyl (C=O) groups excluding carboxylic acids is 6. The fraction of sp³-hybridized carbons (Fsp3) is 0.829. The van der Waals surface area contributed by atoms with E-state index in [1.165, 1.54) is 21.3 Å². The Hall–Kier alpha value is -2.15. The van der Waals surface area contributed by atoms with Gasteiger partial charge in [0.05, 0.1) is 22.9 Å². The molecule has 0 aliphatic carbocycles. The summed E-state index contributed by atoms with van der Waals surface area (Å²) in [6.07, 6.45) is 2.41. The average molecular weight is 916 g/mol. The number of methoxy groups -OCH3 is 3. The summed E-state index contributed by atoms with van der Waals surface area (Å²) >= 11 is 12.7. The molecular weight excluding hydrogens is 850 g/mol. The summed E-state index contributed by atoms with van der Waals surface area (Å²) in [4.78, 5) is 71.0. The molecule has 4 N–H and O–H groups in total. The van der Waals surface area contributed by atoms with E-state index in [-0.39, 0.29) is 17.6 Å². The maximum absolute atomic E-state index is 12.1. The zero-order valence-corrected chi connectivity index (χ0v) is 37.5. The quantitative estimate of drug-likeness (QED) is 0.0403. The molecule has 0 rings (SSSR count). The molecule has 4 amide bonds. The molecule has 2 atom stereocenters. The standard InChI is InChI=1S/C17H31ClN2O5.C17H32N2O6.CH2ClI/c1-16(2,3)25-15(23)19-10-8-7-9-12(13(21)11-18)20-14(22)17(4,5)24-6;1-16(2,3)25-15(22)18-11-9-8-10-12(13(20)23-6)19-14(21)17(4,5)24-7;2-1-3/h12H,7-11H2,1-6H3,(H,19,23)(H,20,22);12H,8-11H2,1-7H3,(H,18,22)(H,19,21);1H2/t2*12-;/m00./s1. The minimum atomic E-state index is -1.04. The number of amides is 4. The molecule has 0 aliphatic rings. The Kier molecular flexibility index (Phi) is 29.5. The van der Waals surface area contributed by atoms with E-state index in [0.29, 0.717) is 55.5 Å². The molecule has 0 radical (unpaired) electrons. The largest absolute Gasteiger partial charge is 0.467 e. The van der Waals surface area contributed by atoms with Crippen molar-refractivity contribution in [1.82, 2.24) is 21.3 Å². The van der Waals surface area contributed by atoms with Gasteiger partial charge in [-0.05, 0) is 108 Å². The number of unbranched alkanes of at least 4 members (excludes halogenated alkanes) is 2. The SMILES string of the molecule is COC(=O)[C@H](CCCCNC(=O)OC(C)(C)C)NC(=O)C(C)(C)OC.COC(C)(C)C(=O)N[C@@H](CCCCNC(=O)OC(C)(C)C)C(=O)CCl.ClCI. The van der Waals surface area contributed by atoms with Crippen LogP contribution in [0.25, 0.3) is 0 Å². The number of rotatable bonds is 19. The number of alkyl carbamates (subject to hydrolysis) is 2. The first kappa shape index (κ1) is 55.2. The van der Waals surface area contributed by atoms with Crippen LogP contribution < -0.4 is 21.3 Å². The molecule has 0 saturated carbocycles. The van der Waals surface area contributed by atoms with Crippen molar-refractivity contribution in [2.75, 3.05) is 44.2 Å². The number of hydrogen-bond acceptors (Lipinski definition) is 11. The van der Waals surface area contributed by atoms with Crippen LogP contribution in [0.2, 0.25) is 0 Å². The molecule has 0 heterocycles. The highest BCUT2D eigenvalue weighted by molar-refractivity contribution is 14.1. The van der Waals surface area contributed by atoms with Gasteiger partial charge >= 0.3 is 18.2 Å². The highest BCUT2D eigenvalue weighted by Gasteiger charge is 2.32. The first-order chi connectivity index (χ1) is 24.3. The van der Waals surface area contributed by atoms with E-state index >= 15 is 0 Å². The lowest BCUT2D eigenvalue weighted by Crippen LogP contribution is -2.50. The molecule has 0 saturated heterocycles. The molecule has 312 valence electrons. The highest BCUT2D eigenvalue weighted by atomic mass is 127. The molecule has 0 fully saturated rings. The molecule has 0 unspecified atom stereocenters. The van der Waals surface area contributed by atoms with E-state index in [4.69, 9.17) is 46.9 Å². The number of Topliss-reactive ketones (excluding diaryl/α,β-unsaturated/α-hetero) is 1. The van der Waals surface area contributed by atoms with Crippen molar-refractivity contribution in [1.29, 1.82) is 0 Å². The molecule has 0 spiro atoms. The summed E-state index contributed by atoms with van der Waals surface area (Å²) in [5.74, 6) is -1.70. The van der Waals surface area contributed by atoms with Crippen LogP contribution in [0.4, 0.5) is 9.59 Å². The van der Waals surface area contributed by atoms with Crippen LogP contribution in [-0.2, 0) is 42.9 Å². The van der Waals surface area contributed by atoms with Crippen molar-refractivity contribution in [3.8, 4) is 0 Å². The van der Waals surface area contributed by atoms with Crippen LogP contribution >= 0.6 is 45.8 Å². The average Bonchev–Trinajstić information content (AvgIpc) is 3.04. The first-order valence-corrected chi connectivity index (χ1v) is 19.8. The fourth-order valence-corrected chi connectivity index (χ4v) is 3.79. The molecular formula is C35H65Cl2IN4O11. The Balaban J connectivity index is -0.000000877. The van der Waals surface area contributed by atoms with E-state index in [0.717, 1.165) is 0 Å². The maximum atomic E-state index is 12.1. The fourth-order valence-electron chi connectivity index (χ4n) is 3.60. The molecule has 0 aliphatic heterocycles. The van der Waals surface area contributed by atoms with Crippen molar-refractivity contribution < 1.29 is 52.5 Å². The second-order valence-corrected chi connectivity index (χ2v) is 16.8. The third-order valence-electron chi connectivity index (χ3n) is 6.91. The van der Waals surface area contributed by atoms with Gasteiger partial charge in [0.1, 0.15) is 28.4 Å². The smallest absolute Gasteiger partial charge is 0.407 e. The summed E-state index contributed by atoms with van der Waals surface area (Å²) < 4.78 is 25.9. The number of nitrogens with one attached hydrogen (secondary N) is 4. The van der Waals surface area contributed by atoms with Gasteiger partial charge in [-0.25, -0.2) is 14.4 Å². The number of hydrogen-bond donors (Lipinski definition) is 4. The zero-order valence-electron chi connectivity index (χ0n) is 33.9. The Morgan fingerprint density at radius 2 is 0.943 bits per heavy atom. The Bertz CT molecular complexity index is 1030. The normalized spacial score (nSPS) is 12.6. The lowest BCUT2D eigenvalue weighted by molar-refractivity contribution is -0.149. The monoisotopic (exact) mass is 914 g/mol. The van der Waals surface area contributed by atoms with Gasteiger partial charge in [-0.3, -0.25) is 14.4 Å². The van der Waals surface area contributed by atoms with E-state index < -0.39 is 58.6 Å². The number of esters is 1. The van der Waals surface area contributed by atoms with E-state index in [1.54, 1.807) is 69.2 Å². The molecule has 53 heavy (non-hydrogen) atoms. The van der Waals surface area contributed by atoms with Crippen molar-refractivity contribution in [3.63, 3.8) is 0 Å². The third kappa shape index (κ3) is 29.8. The second kappa shape index (κ2) is 28.3. The van der Waals surface area contributed by atoms with Gasteiger partial charge in [-0.2, -0.15) is 0 Å². The van der Waals surface area contributed by atoms with Gasteiger partial charge in [0.2, 0.25) is 0 Å². The number of carbonyl (C=O) groups is 6. The number of ether oxygens (including phenoxy) is 5. The third-order valence-corrected chi connectivity index (χ3v) is 7.17. The van der Waals surface area contributed by atoms with Crippen molar-refractivity contribution >= 4 is 81.5 Å². The summed E-state index contributed by atoms with van der Waals surface area (Å²) in [6.45, 7) is 18.0. The lowest BCUT2D eigenvalue weighted by atomic mass is 10.0. The van der Waals surface area contributed by atoms with E-state index in [9.17, 15) is 28.8 Å². The topological polar surface area (TPSA) is 197 Å². The van der Waals surface area contributed by atoms with Crippen LogP contribution in [0.3, 0.4) is 0 Å². The summed E-state index contributed by atoms with van der Waals surface area (Å²) in [7, 11) is 4.13. The van der Waals surface area contributed by atoms with Gasteiger partial charge in [0.15, 0.2) is 5.78 Å². The second-order valence-electron chi connectivity index (χ2n) is 14.6. The van der Waals surface area contributed by atoms with Gasteiger partial charge in [0, 0.05) is 27.3 Å². The highest BCUT2D eigenvalue weighted by Crippen LogP contribution is 2.12. The van der Waals surface area contributed by atoms with Crippen LogP contribution in [0.1, 0.15) is 108 Å². The first-order valence-electron chi connectivity index (χ1n) is 17.2. The van der Waals surface area contributed by atoms with E-state index in [1.807, 2.05) is 0 Å². The van der Waals surface area contributed by atoms with Gasteiger partial charge in [0.25, 0.3) is 11.8 Å². The minimum Gasteiger partial charge on any atom is -0.467 e. The van der Waals surface area contributed by atoms with E-state index in [2.05, 4.69) is 43.9 Å². The Labute approximate surface area is 340 Å². The predicted molar refractivity (Wildman–Crippen MR) is 215 cm³/mol. The van der Waals surface area contributed by atoms with Crippen LogP contribution in [-0.4, -0.2) is 114 Å². The van der Waals surface area contributed by atoms with Crippen LogP contribution in [0.5, 0.6) is 0 Å². The van der Waals surface area contributed by atoms with Crippen LogP contribution in [0.15, 0.2) is 0 Å². The number of alkyl halides is 3. The minimum absolute atomic E-state index is 0.172. The molecule has 0 aromatic carbocycles. The molecule has 0 bridgehead atoms. The summed E-state index contributed by atoms with van der Waals surface area (Å²) in [5, 5.41) is 10.6. The van der Waals surface area contributed by atoms with Crippen molar-refractivity contribution in [3.05, 3.63) is 0 Å². The molecule has 0 aromatic rings. The van der Waals surface area contributed by atoms with Crippen molar-refractivity contribution in [2.24, 2.45) is 0 Å². The molecule has 0 aromatic heterocycles. The summed E-state index contributed by atoms with van der Waals surface area (Å²) in [5.41, 5.74) is -3.15. The molecule has 15 nitrogen and oxygen atoms in total. The van der Waals surface area contributed by atoms with Crippen molar-refractivity contribution in [2.45, 2.75) is 142 Å². The Morgan fingerprint density at radius 3 is 1.25 bits per heavy atom. The van der Waals surface area contributed by atoms with Gasteiger partial charge < -0.3 is 45.0 Å². The van der Waals surface area contributed by atoms with Gasteiger partial charge in [-0.15, -0.1) is 23.2 Å². The lowest BCUT2D eigenvalue weighted by Gasteiger charge is -2.25. The van der Waals surface area contributed by atoms with Crippen LogP contribution in [0, 0.1) is 0 Å². The summed E-state index contributed by atoms with van der Waals surface area (Å²) in [6, 6.07) is -1.42. The zero-order chi connectivity index (χ0) is 42.1. The number of ketones is 1. The maximum Gasteiger partial charge on any atom is 0.407 e. The molecule has 18 heteroatoms.